The predicted octanol–water partition coefficient (Wildman–Crippen LogP) is 1.77. The molecule has 2 atom stereocenters. The van der Waals surface area contributed by atoms with Crippen LogP contribution in [0.3, 0.4) is 0 Å². The number of carbonyl (C=O) groups is 2. The van der Waals surface area contributed by atoms with Crippen molar-refractivity contribution in [3.05, 3.63) is 23.7 Å². The molecule has 5 nitrogen and oxygen atoms in total. The molecule has 4 saturated carbocycles. The van der Waals surface area contributed by atoms with Crippen LogP contribution in [0.15, 0.2) is 16.5 Å². The number of primary amides is 2. The molecule has 5 rings (SSSR count). The number of hydrogen-bond donors (Lipinski definition) is 2. The molecule has 2 amide bonds. The van der Waals surface area contributed by atoms with Crippen LogP contribution in [0.1, 0.15) is 54.3 Å². The lowest BCUT2D eigenvalue weighted by molar-refractivity contribution is -0.145. The van der Waals surface area contributed by atoms with Gasteiger partial charge in [0, 0.05) is 11.3 Å². The third-order valence-electron chi connectivity index (χ3n) is 5.99. The van der Waals surface area contributed by atoms with Gasteiger partial charge in [-0.25, -0.2) is 0 Å². The zero-order valence-electron chi connectivity index (χ0n) is 11.9. The van der Waals surface area contributed by atoms with Crippen LogP contribution in [-0.4, -0.2) is 11.8 Å². The highest BCUT2D eigenvalue weighted by Gasteiger charge is 2.58. The maximum atomic E-state index is 11.9. The normalized spacial score (nSPS) is 40.4. The van der Waals surface area contributed by atoms with Gasteiger partial charge in [0.25, 0.3) is 5.91 Å². The molecule has 4 aliphatic rings. The topological polar surface area (TPSA) is 99.3 Å². The summed E-state index contributed by atoms with van der Waals surface area (Å²) in [4.78, 5) is 23.1. The standard InChI is InChI=1S/C16H20N2O3/c17-14(19)12-2-1-11(21-12)13-9-3-8-4-10(13)7-16(5-8,6-9)15(18)20/h1-2,8-10,13H,3-7H2,(H2,17,19)(H2,18,20). The van der Waals surface area contributed by atoms with Crippen LogP contribution in [0.2, 0.25) is 0 Å². The summed E-state index contributed by atoms with van der Waals surface area (Å²) < 4.78 is 5.67. The Bertz CT molecular complexity index is 605. The third kappa shape index (κ3) is 1.76. The molecule has 21 heavy (non-hydrogen) atoms. The third-order valence-corrected chi connectivity index (χ3v) is 5.99. The van der Waals surface area contributed by atoms with Crippen molar-refractivity contribution < 1.29 is 14.0 Å². The molecule has 0 aromatic carbocycles. The van der Waals surface area contributed by atoms with E-state index in [0.717, 1.165) is 37.9 Å². The number of nitrogens with two attached hydrogens (primary N) is 2. The van der Waals surface area contributed by atoms with Crippen LogP contribution in [0.25, 0.3) is 0 Å². The van der Waals surface area contributed by atoms with Crippen LogP contribution in [-0.2, 0) is 4.79 Å². The molecule has 112 valence electrons. The zero-order valence-corrected chi connectivity index (χ0v) is 11.9. The largest absolute Gasteiger partial charge is 0.456 e. The molecule has 1 aromatic heterocycles. The summed E-state index contributed by atoms with van der Waals surface area (Å²) in [6.07, 6.45) is 4.98. The van der Waals surface area contributed by atoms with Gasteiger partial charge in [0.15, 0.2) is 5.76 Å². The first-order chi connectivity index (χ1) is 9.98. The Labute approximate surface area is 123 Å². The second kappa shape index (κ2) is 4.12. The number of rotatable bonds is 3. The van der Waals surface area contributed by atoms with Crippen molar-refractivity contribution >= 4 is 11.8 Å². The van der Waals surface area contributed by atoms with Gasteiger partial charge in [0.2, 0.25) is 5.91 Å². The lowest BCUT2D eigenvalue weighted by Crippen LogP contribution is -2.55. The first-order valence-corrected chi connectivity index (χ1v) is 7.68. The lowest BCUT2D eigenvalue weighted by atomic mass is 9.45. The molecule has 0 spiro atoms. The minimum Gasteiger partial charge on any atom is -0.456 e. The van der Waals surface area contributed by atoms with Crippen molar-refractivity contribution in [3.63, 3.8) is 0 Å². The van der Waals surface area contributed by atoms with Gasteiger partial charge in [0.05, 0.1) is 0 Å². The van der Waals surface area contributed by atoms with Gasteiger partial charge in [-0.2, -0.15) is 0 Å². The van der Waals surface area contributed by atoms with E-state index in [1.807, 2.05) is 6.07 Å². The molecule has 5 heteroatoms. The summed E-state index contributed by atoms with van der Waals surface area (Å²) in [5.74, 6) is 2.24. The second-order valence-electron chi connectivity index (χ2n) is 7.21. The highest BCUT2D eigenvalue weighted by molar-refractivity contribution is 5.89. The quantitative estimate of drug-likeness (QED) is 0.886. The summed E-state index contributed by atoms with van der Waals surface area (Å²) in [5, 5.41) is 0. The van der Waals surface area contributed by atoms with Crippen LogP contribution < -0.4 is 11.5 Å². The number of amides is 2. The van der Waals surface area contributed by atoms with E-state index in [1.54, 1.807) is 6.07 Å². The molecular formula is C16H20N2O3. The molecular weight excluding hydrogens is 268 g/mol. The van der Waals surface area contributed by atoms with Gasteiger partial charge in [-0.1, -0.05) is 0 Å². The number of furan rings is 1. The van der Waals surface area contributed by atoms with Gasteiger partial charge in [-0.05, 0) is 62.0 Å². The second-order valence-corrected chi connectivity index (χ2v) is 7.21. The zero-order chi connectivity index (χ0) is 14.8. The van der Waals surface area contributed by atoms with Crippen LogP contribution in [0.4, 0.5) is 0 Å². The summed E-state index contributed by atoms with van der Waals surface area (Å²) in [5.41, 5.74) is 10.7. The van der Waals surface area contributed by atoms with Crippen LogP contribution >= 0.6 is 0 Å². The van der Waals surface area contributed by atoms with E-state index in [2.05, 4.69) is 0 Å². The molecule has 4 aliphatic carbocycles. The molecule has 4 N–H and O–H groups in total. The Kier molecular flexibility index (Phi) is 2.53. The average molecular weight is 288 g/mol. The fraction of sp³-hybridized carbons (Fsp3) is 0.625. The molecule has 0 aliphatic heterocycles. The van der Waals surface area contributed by atoms with Crippen molar-refractivity contribution in [2.24, 2.45) is 34.6 Å². The fourth-order valence-corrected chi connectivity index (χ4v) is 5.46. The van der Waals surface area contributed by atoms with E-state index in [4.69, 9.17) is 15.9 Å². The van der Waals surface area contributed by atoms with Crippen molar-refractivity contribution in [1.29, 1.82) is 0 Å². The Morgan fingerprint density at radius 3 is 2.29 bits per heavy atom. The van der Waals surface area contributed by atoms with Crippen molar-refractivity contribution in [2.75, 3.05) is 0 Å². The van der Waals surface area contributed by atoms with E-state index in [-0.39, 0.29) is 17.1 Å². The Morgan fingerprint density at radius 2 is 1.76 bits per heavy atom. The van der Waals surface area contributed by atoms with Gasteiger partial charge in [-0.3, -0.25) is 9.59 Å². The Hall–Kier alpha value is -1.78. The molecule has 1 aromatic rings. The lowest BCUT2D eigenvalue weighted by Gasteiger charge is -2.58. The Balaban J connectivity index is 1.67. The molecule has 0 radical (unpaired) electrons. The fourth-order valence-electron chi connectivity index (χ4n) is 5.46. The summed E-state index contributed by atoms with van der Waals surface area (Å²) in [6, 6.07) is 3.54. The van der Waals surface area contributed by atoms with Crippen LogP contribution in [0, 0.1) is 23.2 Å². The van der Waals surface area contributed by atoms with Gasteiger partial charge in [-0.15, -0.1) is 0 Å². The highest BCUT2D eigenvalue weighted by atomic mass is 16.4. The maximum Gasteiger partial charge on any atom is 0.284 e. The van der Waals surface area contributed by atoms with Crippen LogP contribution in [0.5, 0.6) is 0 Å². The van der Waals surface area contributed by atoms with E-state index in [0.29, 0.717) is 23.7 Å². The molecule has 4 fully saturated rings. The van der Waals surface area contributed by atoms with Gasteiger partial charge >= 0.3 is 0 Å². The monoisotopic (exact) mass is 288 g/mol. The average Bonchev–Trinajstić information content (AvgIpc) is 2.87. The molecule has 2 unspecified atom stereocenters. The van der Waals surface area contributed by atoms with Crippen molar-refractivity contribution in [3.8, 4) is 0 Å². The first kappa shape index (κ1) is 12.9. The number of hydrogen-bond acceptors (Lipinski definition) is 3. The summed E-state index contributed by atoms with van der Waals surface area (Å²) in [7, 11) is 0. The highest BCUT2D eigenvalue weighted by Crippen LogP contribution is 2.64. The summed E-state index contributed by atoms with van der Waals surface area (Å²) >= 11 is 0. The van der Waals surface area contributed by atoms with Crippen molar-refractivity contribution in [2.45, 2.75) is 38.0 Å². The summed E-state index contributed by atoms with van der Waals surface area (Å²) in [6.45, 7) is 0. The smallest absolute Gasteiger partial charge is 0.284 e. The van der Waals surface area contributed by atoms with Gasteiger partial charge < -0.3 is 15.9 Å². The maximum absolute atomic E-state index is 11.9. The van der Waals surface area contributed by atoms with Crippen molar-refractivity contribution in [1.82, 2.24) is 0 Å². The van der Waals surface area contributed by atoms with E-state index in [1.165, 1.54) is 0 Å². The van der Waals surface area contributed by atoms with Gasteiger partial charge in [0.1, 0.15) is 5.76 Å². The van der Waals surface area contributed by atoms with E-state index in [9.17, 15) is 9.59 Å². The SMILES string of the molecule is NC(=O)c1ccc(C2C3CC4CC2CC(C(N)=O)(C4)C3)o1. The minimum atomic E-state index is -0.529. The predicted molar refractivity (Wildman–Crippen MR) is 75.1 cm³/mol. The van der Waals surface area contributed by atoms with E-state index >= 15 is 0 Å². The number of carbonyl (C=O) groups excluding carboxylic acids is 2. The first-order valence-electron chi connectivity index (χ1n) is 7.68. The molecule has 4 bridgehead atoms. The molecule has 1 heterocycles. The minimum absolute atomic E-state index is 0.127. The Morgan fingerprint density at radius 1 is 1.10 bits per heavy atom. The van der Waals surface area contributed by atoms with E-state index < -0.39 is 5.91 Å². The molecule has 0 saturated heterocycles.